The number of aliphatic carboxylic acids is 1. The molecule has 2 aromatic rings. The molecule has 0 saturated carbocycles. The minimum Gasteiger partial charge on any atom is -0.507 e. The van der Waals surface area contributed by atoms with Gasteiger partial charge in [0.05, 0.1) is 25.8 Å². The number of methoxy groups -OCH3 is 2. The van der Waals surface area contributed by atoms with Crippen molar-refractivity contribution in [3.63, 3.8) is 0 Å². The smallest absolute Gasteiger partial charge is 0.303 e. The zero-order valence-electron chi connectivity index (χ0n) is 18.1. The topological polar surface area (TPSA) is 113 Å². The Morgan fingerprint density at radius 1 is 1.03 bits per heavy atom. The maximum Gasteiger partial charge on any atom is 0.303 e. The number of nitrogens with zero attached hydrogens (tertiary/aromatic N) is 1. The molecule has 0 aliphatic carbocycles. The average Bonchev–Trinajstić information content (AvgIpc) is 3.03. The molecule has 2 aromatic carbocycles. The van der Waals surface area contributed by atoms with Gasteiger partial charge in [0.2, 0.25) is 0 Å². The molecule has 0 aromatic heterocycles. The highest BCUT2D eigenvalue weighted by atomic mass is 16.5. The first-order valence-electron chi connectivity index (χ1n) is 10.1. The molecule has 0 bridgehead atoms. The van der Waals surface area contributed by atoms with Crippen molar-refractivity contribution in [1.29, 1.82) is 0 Å². The molecule has 168 valence electrons. The van der Waals surface area contributed by atoms with Crippen molar-refractivity contribution >= 4 is 23.4 Å². The van der Waals surface area contributed by atoms with Gasteiger partial charge in [-0.15, -0.1) is 0 Å². The Kier molecular flexibility index (Phi) is 6.82. The Hall–Kier alpha value is -3.81. The Balaban J connectivity index is 2.19. The summed E-state index contributed by atoms with van der Waals surface area (Å²) in [6.07, 6.45) is -0.0152. The van der Waals surface area contributed by atoms with Crippen molar-refractivity contribution in [3.8, 4) is 11.5 Å². The van der Waals surface area contributed by atoms with Crippen molar-refractivity contribution < 1.29 is 34.1 Å². The maximum absolute atomic E-state index is 13.0. The van der Waals surface area contributed by atoms with E-state index in [1.54, 1.807) is 42.5 Å². The summed E-state index contributed by atoms with van der Waals surface area (Å²) in [6.45, 7) is 1.92. The van der Waals surface area contributed by atoms with Crippen LogP contribution in [0.3, 0.4) is 0 Å². The Bertz CT molecular complexity index is 1070. The highest BCUT2D eigenvalue weighted by Crippen LogP contribution is 2.44. The van der Waals surface area contributed by atoms with E-state index in [0.717, 1.165) is 5.56 Å². The Morgan fingerprint density at radius 3 is 2.31 bits per heavy atom. The van der Waals surface area contributed by atoms with Gasteiger partial charge in [-0.05, 0) is 31.5 Å². The van der Waals surface area contributed by atoms with E-state index < -0.39 is 23.7 Å². The fourth-order valence-electron chi connectivity index (χ4n) is 3.75. The SMILES string of the molecule is COc1ccc(OC)c([C@@H]2/C(=C(\O)c3ccc(C)cc3)C(=O)C(=O)N2CCCC(=O)O)c1. The van der Waals surface area contributed by atoms with Crippen molar-refractivity contribution in [3.05, 3.63) is 64.7 Å². The summed E-state index contributed by atoms with van der Waals surface area (Å²) < 4.78 is 10.8. The number of carbonyl (C=O) groups is 3. The number of aryl methyl sites for hydroxylation is 1. The van der Waals surface area contributed by atoms with Crippen LogP contribution in [-0.2, 0) is 14.4 Å². The number of aliphatic hydroxyl groups excluding tert-OH is 1. The van der Waals surface area contributed by atoms with E-state index in [0.29, 0.717) is 22.6 Å². The molecule has 0 radical (unpaired) electrons. The number of benzene rings is 2. The summed E-state index contributed by atoms with van der Waals surface area (Å²) in [4.78, 5) is 38.2. The molecular weight excluding hydrogens is 414 g/mol. The molecule has 0 spiro atoms. The van der Waals surface area contributed by atoms with Gasteiger partial charge in [0.15, 0.2) is 0 Å². The van der Waals surface area contributed by atoms with Gasteiger partial charge in [0.1, 0.15) is 17.3 Å². The number of rotatable bonds is 8. The average molecular weight is 439 g/mol. The van der Waals surface area contributed by atoms with Gasteiger partial charge in [0.25, 0.3) is 11.7 Å². The van der Waals surface area contributed by atoms with Crippen molar-refractivity contribution in [2.75, 3.05) is 20.8 Å². The lowest BCUT2D eigenvalue weighted by molar-refractivity contribution is -0.140. The quantitative estimate of drug-likeness (QED) is 0.369. The van der Waals surface area contributed by atoms with Crippen LogP contribution in [0.25, 0.3) is 5.76 Å². The summed E-state index contributed by atoms with van der Waals surface area (Å²) in [5.74, 6) is -2.08. The third-order valence-corrected chi connectivity index (χ3v) is 5.39. The van der Waals surface area contributed by atoms with Crippen LogP contribution in [0.5, 0.6) is 11.5 Å². The first-order valence-corrected chi connectivity index (χ1v) is 10.1. The van der Waals surface area contributed by atoms with E-state index in [2.05, 4.69) is 0 Å². The number of hydrogen-bond donors (Lipinski definition) is 2. The monoisotopic (exact) mass is 439 g/mol. The van der Waals surface area contributed by atoms with Gasteiger partial charge >= 0.3 is 5.97 Å². The molecule has 0 unspecified atom stereocenters. The lowest BCUT2D eigenvalue weighted by atomic mass is 9.94. The van der Waals surface area contributed by atoms with Gasteiger partial charge in [-0.3, -0.25) is 14.4 Å². The predicted octanol–water partition coefficient (Wildman–Crippen LogP) is 3.30. The van der Waals surface area contributed by atoms with Crippen LogP contribution in [0.2, 0.25) is 0 Å². The number of ketones is 1. The van der Waals surface area contributed by atoms with Gasteiger partial charge in [-0.2, -0.15) is 0 Å². The van der Waals surface area contributed by atoms with E-state index in [-0.39, 0.29) is 30.7 Å². The third kappa shape index (κ3) is 4.44. The number of amides is 1. The standard InChI is InChI=1S/C24H25NO7/c1-14-6-8-15(9-7-14)22(28)20-21(17-13-16(31-2)10-11-18(17)32-3)25(24(30)23(20)29)12-4-5-19(26)27/h6-11,13,21,28H,4-5,12H2,1-3H3,(H,26,27)/b22-20+/t21-/m1/s1. The second-order valence-corrected chi connectivity index (χ2v) is 7.46. The molecule has 2 N–H and O–H groups in total. The molecule has 32 heavy (non-hydrogen) atoms. The van der Waals surface area contributed by atoms with Crippen LogP contribution in [0.15, 0.2) is 48.0 Å². The molecule has 1 saturated heterocycles. The van der Waals surface area contributed by atoms with Gasteiger partial charge in [0, 0.05) is 24.1 Å². The number of carboxylic acids is 1. The number of carboxylic acid groups (broad SMARTS) is 1. The van der Waals surface area contributed by atoms with Crippen molar-refractivity contribution in [1.82, 2.24) is 4.90 Å². The van der Waals surface area contributed by atoms with E-state index in [9.17, 15) is 19.5 Å². The number of aliphatic hydroxyl groups is 1. The highest BCUT2D eigenvalue weighted by Gasteiger charge is 2.47. The fraction of sp³-hybridized carbons (Fsp3) is 0.292. The number of carbonyl (C=O) groups excluding carboxylic acids is 2. The Morgan fingerprint density at radius 2 is 1.72 bits per heavy atom. The zero-order valence-corrected chi connectivity index (χ0v) is 18.1. The second kappa shape index (κ2) is 9.55. The molecular formula is C24H25NO7. The lowest BCUT2D eigenvalue weighted by Crippen LogP contribution is -2.31. The van der Waals surface area contributed by atoms with Crippen molar-refractivity contribution in [2.45, 2.75) is 25.8 Å². The van der Waals surface area contributed by atoms with Crippen LogP contribution in [0.4, 0.5) is 0 Å². The summed E-state index contributed by atoms with van der Waals surface area (Å²) >= 11 is 0. The molecule has 3 rings (SSSR count). The van der Waals surface area contributed by atoms with E-state index in [1.807, 2.05) is 6.92 Å². The van der Waals surface area contributed by atoms with Crippen LogP contribution < -0.4 is 9.47 Å². The molecule has 1 heterocycles. The first kappa shape index (κ1) is 22.9. The number of likely N-dealkylation sites (tertiary alicyclic amines) is 1. The van der Waals surface area contributed by atoms with Crippen LogP contribution in [0.1, 0.15) is 35.6 Å². The number of Topliss-reactive ketones (excluding diaryl/α,β-unsaturated/α-hetero) is 1. The fourth-order valence-corrected chi connectivity index (χ4v) is 3.75. The van der Waals surface area contributed by atoms with E-state index >= 15 is 0 Å². The molecule has 1 aliphatic heterocycles. The largest absolute Gasteiger partial charge is 0.507 e. The second-order valence-electron chi connectivity index (χ2n) is 7.46. The summed E-state index contributed by atoms with van der Waals surface area (Å²) in [6, 6.07) is 10.9. The highest BCUT2D eigenvalue weighted by molar-refractivity contribution is 6.46. The number of hydrogen-bond acceptors (Lipinski definition) is 6. The van der Waals surface area contributed by atoms with Crippen molar-refractivity contribution in [2.24, 2.45) is 0 Å². The molecule has 1 atom stereocenters. The molecule has 1 aliphatic rings. The number of ether oxygens (including phenoxy) is 2. The summed E-state index contributed by atoms with van der Waals surface area (Å²) in [5, 5.41) is 20.1. The zero-order chi connectivity index (χ0) is 23.4. The third-order valence-electron chi connectivity index (χ3n) is 5.39. The van der Waals surface area contributed by atoms with Gasteiger partial charge in [-0.25, -0.2) is 0 Å². The van der Waals surface area contributed by atoms with Gasteiger partial charge in [-0.1, -0.05) is 29.8 Å². The van der Waals surface area contributed by atoms with Gasteiger partial charge < -0.3 is 24.6 Å². The molecule has 1 fully saturated rings. The lowest BCUT2D eigenvalue weighted by Gasteiger charge is -2.26. The Labute approximate surface area is 185 Å². The minimum absolute atomic E-state index is 0.0204. The van der Waals surface area contributed by atoms with Crippen LogP contribution in [0, 0.1) is 6.92 Å². The molecule has 8 nitrogen and oxygen atoms in total. The van der Waals surface area contributed by atoms with Crippen LogP contribution in [-0.4, -0.2) is 53.5 Å². The normalized spacial score (nSPS) is 17.5. The predicted molar refractivity (Wildman–Crippen MR) is 117 cm³/mol. The summed E-state index contributed by atoms with van der Waals surface area (Å²) in [7, 11) is 2.95. The van der Waals surface area contributed by atoms with E-state index in [1.165, 1.54) is 19.1 Å². The van der Waals surface area contributed by atoms with Crippen LogP contribution >= 0.6 is 0 Å². The molecule has 8 heteroatoms. The maximum atomic E-state index is 13.0. The van der Waals surface area contributed by atoms with E-state index in [4.69, 9.17) is 14.6 Å². The first-order chi connectivity index (χ1) is 15.3. The minimum atomic E-state index is -1.00. The molecule has 1 amide bonds. The summed E-state index contributed by atoms with van der Waals surface area (Å²) in [5.41, 5.74) is 1.74.